The van der Waals surface area contributed by atoms with Crippen molar-refractivity contribution in [1.29, 1.82) is 0 Å². The molecule has 0 aliphatic carbocycles. The number of fused-ring (bicyclic) bond motifs is 3. The van der Waals surface area contributed by atoms with Crippen molar-refractivity contribution in [2.24, 2.45) is 0 Å². The number of nitrogens with one attached hydrogen (secondary N) is 1. The lowest BCUT2D eigenvalue weighted by Crippen LogP contribution is -2.33. The summed E-state index contributed by atoms with van der Waals surface area (Å²) in [6.07, 6.45) is 0. The SMILES string of the molecule is CCOC(=O)CNC(=O)c1c(O)c2c(ccc3ccccc32)sc1=O. The van der Waals surface area contributed by atoms with Crippen molar-refractivity contribution in [3.63, 3.8) is 0 Å². The van der Waals surface area contributed by atoms with Gasteiger partial charge in [-0.15, -0.1) is 0 Å². The second-order valence-electron chi connectivity index (χ2n) is 5.26. The van der Waals surface area contributed by atoms with Gasteiger partial charge in [0.2, 0.25) is 4.74 Å². The Labute approximate surface area is 146 Å². The van der Waals surface area contributed by atoms with E-state index >= 15 is 0 Å². The van der Waals surface area contributed by atoms with Gasteiger partial charge in [0, 0.05) is 10.1 Å². The number of amides is 1. The maximum atomic E-state index is 12.3. The van der Waals surface area contributed by atoms with E-state index in [4.69, 9.17) is 4.74 Å². The fourth-order valence-electron chi connectivity index (χ4n) is 2.61. The standard InChI is InChI=1S/C18H15NO5S/c1-2-24-13(20)9-19-17(22)15-16(21)14-11-6-4-3-5-10(11)7-8-12(14)25-18(15)23/h3-8,21H,2,9H2,1H3,(H,19,22). The summed E-state index contributed by atoms with van der Waals surface area (Å²) in [4.78, 5) is 35.9. The van der Waals surface area contributed by atoms with E-state index in [0.29, 0.717) is 10.1 Å². The summed E-state index contributed by atoms with van der Waals surface area (Å²) in [7, 11) is 0. The molecule has 0 fully saturated rings. The lowest BCUT2D eigenvalue weighted by atomic mass is 10.0. The third kappa shape index (κ3) is 3.18. The molecule has 1 heterocycles. The fraction of sp³-hybridized carbons (Fsp3) is 0.167. The van der Waals surface area contributed by atoms with E-state index < -0.39 is 16.6 Å². The molecule has 6 nitrogen and oxygen atoms in total. The van der Waals surface area contributed by atoms with Gasteiger partial charge in [-0.3, -0.25) is 14.4 Å². The van der Waals surface area contributed by atoms with Crippen LogP contribution in [0.1, 0.15) is 17.3 Å². The first-order valence-electron chi connectivity index (χ1n) is 7.64. The average Bonchev–Trinajstić information content (AvgIpc) is 2.59. The largest absolute Gasteiger partial charge is 0.506 e. The number of benzene rings is 2. The number of hydrogen-bond donors (Lipinski definition) is 2. The topological polar surface area (TPSA) is 92.7 Å². The fourth-order valence-corrected chi connectivity index (χ4v) is 3.54. The predicted molar refractivity (Wildman–Crippen MR) is 96.2 cm³/mol. The summed E-state index contributed by atoms with van der Waals surface area (Å²) in [5, 5.41) is 15.0. The smallest absolute Gasteiger partial charge is 0.325 e. The number of carbonyl (C=O) groups excluding carboxylic acids is 2. The van der Waals surface area contributed by atoms with Gasteiger partial charge >= 0.3 is 5.97 Å². The Morgan fingerprint density at radius 1 is 1.20 bits per heavy atom. The Balaban J connectivity index is 2.09. The first kappa shape index (κ1) is 16.9. The molecule has 7 heteroatoms. The highest BCUT2D eigenvalue weighted by molar-refractivity contribution is 7.16. The molecule has 0 unspecified atom stereocenters. The van der Waals surface area contributed by atoms with E-state index in [1.807, 2.05) is 30.3 Å². The average molecular weight is 357 g/mol. The van der Waals surface area contributed by atoms with Gasteiger partial charge in [0.1, 0.15) is 17.9 Å². The summed E-state index contributed by atoms with van der Waals surface area (Å²) in [6.45, 7) is 1.47. The first-order chi connectivity index (χ1) is 12.0. The Kier molecular flexibility index (Phi) is 4.67. The van der Waals surface area contributed by atoms with E-state index in [1.54, 1.807) is 13.0 Å². The molecular formula is C18H15NO5S. The van der Waals surface area contributed by atoms with Crippen LogP contribution in [0, 0.1) is 0 Å². The van der Waals surface area contributed by atoms with Crippen molar-refractivity contribution in [3.8, 4) is 5.75 Å². The molecule has 2 N–H and O–H groups in total. The summed E-state index contributed by atoms with van der Waals surface area (Å²) >= 11 is 0.878. The van der Waals surface area contributed by atoms with Gasteiger partial charge in [0.15, 0.2) is 0 Å². The molecule has 0 saturated heterocycles. The van der Waals surface area contributed by atoms with Gasteiger partial charge in [-0.05, 0) is 23.8 Å². The molecule has 0 saturated carbocycles. The number of ether oxygens (including phenoxy) is 1. The van der Waals surface area contributed by atoms with Crippen molar-refractivity contribution in [3.05, 3.63) is 51.5 Å². The monoisotopic (exact) mass is 357 g/mol. The molecule has 0 atom stereocenters. The molecule has 1 aromatic heterocycles. The summed E-state index contributed by atoms with van der Waals surface area (Å²) in [6, 6.07) is 11.0. The van der Waals surface area contributed by atoms with Gasteiger partial charge < -0.3 is 15.2 Å². The van der Waals surface area contributed by atoms with Crippen molar-refractivity contribution >= 4 is 44.1 Å². The van der Waals surface area contributed by atoms with Crippen molar-refractivity contribution < 1.29 is 19.4 Å². The Bertz CT molecular complexity index is 1040. The van der Waals surface area contributed by atoms with Crippen molar-refractivity contribution in [2.45, 2.75) is 6.92 Å². The van der Waals surface area contributed by atoms with E-state index in [9.17, 15) is 19.5 Å². The van der Waals surface area contributed by atoms with Crippen LogP contribution in [0.25, 0.3) is 20.9 Å². The summed E-state index contributed by atoms with van der Waals surface area (Å²) in [5.74, 6) is -1.80. The van der Waals surface area contributed by atoms with Crippen LogP contribution < -0.4 is 10.1 Å². The lowest BCUT2D eigenvalue weighted by Gasteiger charge is -2.09. The van der Waals surface area contributed by atoms with Crippen LogP contribution >= 0.6 is 11.3 Å². The summed E-state index contributed by atoms with van der Waals surface area (Å²) in [5.41, 5.74) is -0.363. The van der Waals surface area contributed by atoms with Crippen LogP contribution in [0.2, 0.25) is 0 Å². The maximum Gasteiger partial charge on any atom is 0.325 e. The van der Waals surface area contributed by atoms with E-state index in [1.165, 1.54) is 0 Å². The number of carbonyl (C=O) groups is 2. The van der Waals surface area contributed by atoms with Crippen LogP contribution in [-0.4, -0.2) is 30.1 Å². The number of esters is 1. The van der Waals surface area contributed by atoms with Gasteiger partial charge in [0.25, 0.3) is 5.91 Å². The molecule has 0 aliphatic heterocycles. The molecule has 2 aromatic carbocycles. The number of aromatic hydroxyl groups is 1. The molecule has 0 spiro atoms. The van der Waals surface area contributed by atoms with E-state index in [2.05, 4.69) is 5.32 Å². The van der Waals surface area contributed by atoms with Crippen molar-refractivity contribution in [1.82, 2.24) is 5.32 Å². The van der Waals surface area contributed by atoms with Crippen LogP contribution in [0.15, 0.2) is 41.2 Å². The first-order valence-corrected chi connectivity index (χ1v) is 8.46. The quantitative estimate of drug-likeness (QED) is 0.552. The van der Waals surface area contributed by atoms with E-state index in [-0.39, 0.29) is 24.5 Å². The van der Waals surface area contributed by atoms with Gasteiger partial charge in [-0.25, -0.2) is 0 Å². The molecular weight excluding hydrogens is 342 g/mol. The second-order valence-corrected chi connectivity index (χ2v) is 6.28. The van der Waals surface area contributed by atoms with E-state index in [0.717, 1.165) is 22.1 Å². The highest BCUT2D eigenvalue weighted by Crippen LogP contribution is 2.34. The van der Waals surface area contributed by atoms with Gasteiger partial charge in [0.05, 0.1) is 6.61 Å². The third-order valence-electron chi connectivity index (χ3n) is 3.70. The number of rotatable bonds is 4. The molecule has 3 rings (SSSR count). The van der Waals surface area contributed by atoms with Gasteiger partial charge in [-0.2, -0.15) is 0 Å². The minimum absolute atomic E-state index is 0.191. The zero-order valence-corrected chi connectivity index (χ0v) is 14.2. The highest BCUT2D eigenvalue weighted by atomic mass is 32.1. The maximum absolute atomic E-state index is 12.3. The zero-order valence-electron chi connectivity index (χ0n) is 13.4. The van der Waals surface area contributed by atoms with Crippen LogP contribution in [0.4, 0.5) is 0 Å². The van der Waals surface area contributed by atoms with Crippen LogP contribution in [-0.2, 0) is 9.53 Å². The number of hydrogen-bond acceptors (Lipinski definition) is 6. The normalized spacial score (nSPS) is 10.8. The highest BCUT2D eigenvalue weighted by Gasteiger charge is 2.21. The summed E-state index contributed by atoms with van der Waals surface area (Å²) < 4.78 is 4.74. The Morgan fingerprint density at radius 3 is 2.72 bits per heavy atom. The molecule has 128 valence electrons. The van der Waals surface area contributed by atoms with Crippen molar-refractivity contribution in [2.75, 3.05) is 13.2 Å². The van der Waals surface area contributed by atoms with Crippen LogP contribution in [0.5, 0.6) is 5.75 Å². The lowest BCUT2D eigenvalue weighted by molar-refractivity contribution is -0.141. The predicted octanol–water partition coefficient (Wildman–Crippen LogP) is 2.41. The Hall–Kier alpha value is -2.93. The molecule has 25 heavy (non-hydrogen) atoms. The third-order valence-corrected chi connectivity index (χ3v) is 4.65. The molecule has 0 radical (unpaired) electrons. The molecule has 0 aliphatic rings. The van der Waals surface area contributed by atoms with Gasteiger partial charge in [-0.1, -0.05) is 41.7 Å². The molecule has 3 aromatic rings. The Morgan fingerprint density at radius 2 is 1.96 bits per heavy atom. The molecule has 0 bridgehead atoms. The van der Waals surface area contributed by atoms with Crippen LogP contribution in [0.3, 0.4) is 0 Å². The molecule has 1 amide bonds. The second kappa shape index (κ2) is 6.90. The minimum atomic E-state index is -0.804. The zero-order chi connectivity index (χ0) is 18.0. The minimum Gasteiger partial charge on any atom is -0.506 e.